The molecular weight excluding hydrogens is 419 g/mol. The van der Waals surface area contributed by atoms with E-state index in [2.05, 4.69) is 19.9 Å². The summed E-state index contributed by atoms with van der Waals surface area (Å²) < 4.78 is 48.0. The lowest BCUT2D eigenvalue weighted by atomic mass is 10.3. The molecule has 160 valence electrons. The first-order valence-electron chi connectivity index (χ1n) is 8.84. The number of rotatable bonds is 7. The fraction of sp³-hybridized carbons (Fsp3) is 0.294. The predicted molar refractivity (Wildman–Crippen MR) is 103 cm³/mol. The van der Waals surface area contributed by atoms with Gasteiger partial charge in [0.15, 0.2) is 10.7 Å². The maximum absolute atomic E-state index is 13.1. The summed E-state index contributed by atoms with van der Waals surface area (Å²) in [5, 5.41) is 7.90. The summed E-state index contributed by atoms with van der Waals surface area (Å²) in [6.45, 7) is 4.95. The van der Waals surface area contributed by atoms with E-state index in [0.29, 0.717) is 12.3 Å². The molecule has 0 saturated heterocycles. The molecule has 0 spiro atoms. The molecule has 2 aromatic heterocycles. The van der Waals surface area contributed by atoms with Crippen LogP contribution in [0.1, 0.15) is 31.4 Å². The number of benzene rings is 1. The first-order valence-corrected chi connectivity index (χ1v) is 10.3. The van der Waals surface area contributed by atoms with Gasteiger partial charge in [0.05, 0.1) is 6.04 Å². The highest BCUT2D eigenvalue weighted by molar-refractivity contribution is 7.89. The summed E-state index contributed by atoms with van der Waals surface area (Å²) in [4.78, 5) is 26.9. The minimum absolute atomic E-state index is 0.0863. The van der Waals surface area contributed by atoms with Crippen molar-refractivity contribution in [2.45, 2.75) is 38.3 Å². The molecule has 0 fully saturated rings. The second kappa shape index (κ2) is 8.20. The van der Waals surface area contributed by atoms with Crippen molar-refractivity contribution in [2.75, 3.05) is 0 Å². The van der Waals surface area contributed by atoms with E-state index in [-0.39, 0.29) is 17.5 Å². The molecule has 3 aromatic rings. The summed E-state index contributed by atoms with van der Waals surface area (Å²) in [5.74, 6) is 0.140. The summed E-state index contributed by atoms with van der Waals surface area (Å²) >= 11 is 0. The topological polar surface area (TPSA) is 152 Å². The van der Waals surface area contributed by atoms with Crippen LogP contribution in [-0.2, 0) is 16.6 Å². The molecule has 0 unspecified atom stereocenters. The van der Waals surface area contributed by atoms with Gasteiger partial charge in [-0.1, -0.05) is 5.10 Å². The number of hydrogen-bond acceptors (Lipinski definition) is 7. The maximum atomic E-state index is 13.1. The highest BCUT2D eigenvalue weighted by atomic mass is 32.2. The molecule has 3 rings (SSSR count). The van der Waals surface area contributed by atoms with Crippen LogP contribution in [0.2, 0.25) is 0 Å². The minimum Gasteiger partial charge on any atom is -0.424 e. The Morgan fingerprint density at radius 1 is 1.20 bits per heavy atom. The molecule has 3 N–H and O–H groups in total. The number of aromatic amines is 2. The van der Waals surface area contributed by atoms with Crippen molar-refractivity contribution in [3.05, 3.63) is 62.4 Å². The van der Waals surface area contributed by atoms with Crippen LogP contribution >= 0.6 is 0 Å². The highest BCUT2D eigenvalue weighted by Gasteiger charge is 2.27. The Morgan fingerprint density at radius 2 is 1.87 bits per heavy atom. The molecule has 0 aliphatic carbocycles. The standard InChI is InChI=1S/C17H19FN6O5S/c1-4-24-14(21-22-17(24)29-12-7-5-11(18)6-8-12)10(3)23-30(27,28)13-9(2)19-16(26)20-15(13)25/h5-8,10,23H,4H2,1-3H3,(H2,19,20,25,26)/t10-/m1/s1. The number of hydrogen-bond donors (Lipinski definition) is 3. The Kier molecular flexibility index (Phi) is 5.85. The van der Waals surface area contributed by atoms with Gasteiger partial charge in [0, 0.05) is 12.2 Å². The molecule has 11 nitrogen and oxygen atoms in total. The van der Waals surface area contributed by atoms with Gasteiger partial charge in [-0.3, -0.25) is 14.3 Å². The molecule has 0 radical (unpaired) electrons. The zero-order valence-electron chi connectivity index (χ0n) is 16.3. The molecule has 0 bridgehead atoms. The van der Waals surface area contributed by atoms with Crippen molar-refractivity contribution in [3.8, 4) is 11.8 Å². The van der Waals surface area contributed by atoms with Gasteiger partial charge in [-0.25, -0.2) is 22.3 Å². The number of aryl methyl sites for hydroxylation is 1. The number of nitrogens with one attached hydrogen (secondary N) is 3. The van der Waals surface area contributed by atoms with Crippen molar-refractivity contribution in [2.24, 2.45) is 0 Å². The second-order valence-corrected chi connectivity index (χ2v) is 8.00. The van der Waals surface area contributed by atoms with Gasteiger partial charge in [-0.15, -0.1) is 5.10 Å². The van der Waals surface area contributed by atoms with Crippen molar-refractivity contribution in [1.29, 1.82) is 0 Å². The number of H-pyrrole nitrogens is 2. The fourth-order valence-electron chi connectivity index (χ4n) is 2.86. The van der Waals surface area contributed by atoms with E-state index in [9.17, 15) is 22.4 Å². The average molecular weight is 438 g/mol. The van der Waals surface area contributed by atoms with Gasteiger partial charge < -0.3 is 9.72 Å². The Labute approximate surface area is 170 Å². The Morgan fingerprint density at radius 3 is 2.47 bits per heavy atom. The van der Waals surface area contributed by atoms with E-state index in [1.807, 2.05) is 4.98 Å². The largest absolute Gasteiger partial charge is 0.424 e. The van der Waals surface area contributed by atoms with Gasteiger partial charge in [0.2, 0.25) is 10.0 Å². The first-order chi connectivity index (χ1) is 14.1. The van der Waals surface area contributed by atoms with Crippen LogP contribution in [0.3, 0.4) is 0 Å². The quantitative estimate of drug-likeness (QED) is 0.497. The first kappa shape index (κ1) is 21.4. The van der Waals surface area contributed by atoms with Crippen LogP contribution in [0, 0.1) is 12.7 Å². The van der Waals surface area contributed by atoms with E-state index in [0.717, 1.165) is 0 Å². The van der Waals surface area contributed by atoms with Gasteiger partial charge in [-0.2, -0.15) is 0 Å². The van der Waals surface area contributed by atoms with Crippen molar-refractivity contribution in [1.82, 2.24) is 29.5 Å². The lowest BCUT2D eigenvalue weighted by Crippen LogP contribution is -2.36. The minimum atomic E-state index is -4.29. The molecule has 0 aliphatic rings. The van der Waals surface area contributed by atoms with Crippen LogP contribution in [0.5, 0.6) is 11.8 Å². The molecular formula is C17H19FN6O5S. The van der Waals surface area contributed by atoms with E-state index in [1.165, 1.54) is 42.7 Å². The normalized spacial score (nSPS) is 12.7. The molecule has 0 aliphatic heterocycles. The van der Waals surface area contributed by atoms with Crippen LogP contribution < -0.4 is 20.7 Å². The van der Waals surface area contributed by atoms with Gasteiger partial charge >= 0.3 is 11.7 Å². The molecule has 13 heteroatoms. The van der Waals surface area contributed by atoms with E-state index < -0.39 is 38.0 Å². The lowest BCUT2D eigenvalue weighted by Gasteiger charge is -2.15. The van der Waals surface area contributed by atoms with Crippen LogP contribution in [0.4, 0.5) is 4.39 Å². The van der Waals surface area contributed by atoms with Crippen molar-refractivity contribution in [3.63, 3.8) is 0 Å². The summed E-state index contributed by atoms with van der Waals surface area (Å²) in [6.07, 6.45) is 0. The predicted octanol–water partition coefficient (Wildman–Crippen LogP) is 0.954. The Bertz CT molecular complexity index is 1280. The highest BCUT2D eigenvalue weighted by Crippen LogP contribution is 2.24. The van der Waals surface area contributed by atoms with E-state index in [1.54, 1.807) is 6.92 Å². The lowest BCUT2D eigenvalue weighted by molar-refractivity contribution is 0.407. The SMILES string of the molecule is CCn1c(Oc2ccc(F)cc2)nnc1[C@@H](C)NS(=O)(=O)c1c(C)[nH]c(=O)[nH]c1=O. The van der Waals surface area contributed by atoms with E-state index >= 15 is 0 Å². The fourth-order valence-corrected chi connectivity index (χ4v) is 4.30. The smallest absolute Gasteiger partial charge is 0.325 e. The number of ether oxygens (including phenoxy) is 1. The average Bonchev–Trinajstić information content (AvgIpc) is 3.04. The zero-order chi connectivity index (χ0) is 22.1. The third-order valence-corrected chi connectivity index (χ3v) is 5.84. The molecule has 0 amide bonds. The number of aromatic nitrogens is 5. The molecule has 1 aromatic carbocycles. The third kappa shape index (κ3) is 4.31. The summed E-state index contributed by atoms with van der Waals surface area (Å²) in [5.41, 5.74) is -1.94. The number of nitrogens with zero attached hydrogens (tertiary/aromatic N) is 3. The molecule has 30 heavy (non-hydrogen) atoms. The van der Waals surface area contributed by atoms with Crippen LogP contribution in [0.25, 0.3) is 0 Å². The number of halogens is 1. The second-order valence-electron chi connectivity index (χ2n) is 6.35. The molecule has 1 atom stereocenters. The van der Waals surface area contributed by atoms with Crippen LogP contribution in [0.15, 0.2) is 38.8 Å². The Hall–Kier alpha value is -3.32. The number of sulfonamides is 1. The maximum Gasteiger partial charge on any atom is 0.325 e. The zero-order valence-corrected chi connectivity index (χ0v) is 17.1. The monoisotopic (exact) mass is 438 g/mol. The van der Waals surface area contributed by atoms with Crippen molar-refractivity contribution >= 4 is 10.0 Å². The third-order valence-electron chi connectivity index (χ3n) is 4.15. The molecule has 2 heterocycles. The van der Waals surface area contributed by atoms with Gasteiger partial charge in [0.1, 0.15) is 11.6 Å². The summed E-state index contributed by atoms with van der Waals surface area (Å²) in [7, 11) is -4.29. The Balaban J connectivity index is 1.89. The van der Waals surface area contributed by atoms with Gasteiger partial charge in [0.25, 0.3) is 5.56 Å². The summed E-state index contributed by atoms with van der Waals surface area (Å²) in [6, 6.07) is 4.48. The van der Waals surface area contributed by atoms with Gasteiger partial charge in [-0.05, 0) is 45.0 Å². The van der Waals surface area contributed by atoms with Crippen molar-refractivity contribution < 1.29 is 17.5 Å². The van der Waals surface area contributed by atoms with Crippen LogP contribution in [-0.4, -0.2) is 33.2 Å². The molecule has 0 saturated carbocycles. The van der Waals surface area contributed by atoms with E-state index in [4.69, 9.17) is 4.74 Å².